The molecule has 0 saturated heterocycles. The van der Waals surface area contributed by atoms with Gasteiger partial charge in [-0.15, -0.1) is 0 Å². The molecule has 1 rings (SSSR count). The number of aliphatic hydroxyl groups is 1. The molecule has 0 spiro atoms. The van der Waals surface area contributed by atoms with Gasteiger partial charge in [-0.2, -0.15) is 0 Å². The minimum absolute atomic E-state index is 0.411. The first-order chi connectivity index (χ1) is 7.98. The van der Waals surface area contributed by atoms with Crippen molar-refractivity contribution < 1.29 is 5.11 Å². The average Bonchev–Trinajstić information content (AvgIpc) is 2.66. The summed E-state index contributed by atoms with van der Waals surface area (Å²) in [5, 5.41) is 10.3. The second-order valence-corrected chi connectivity index (χ2v) is 6.17. The lowest BCUT2D eigenvalue weighted by molar-refractivity contribution is 0.00525. The molecule has 1 aliphatic carbocycles. The summed E-state index contributed by atoms with van der Waals surface area (Å²) in [5.41, 5.74) is 5.13. The average molecular weight is 242 g/mol. The summed E-state index contributed by atoms with van der Waals surface area (Å²) < 4.78 is 0. The maximum atomic E-state index is 10.3. The van der Waals surface area contributed by atoms with E-state index in [0.717, 1.165) is 44.7 Å². The van der Waals surface area contributed by atoms with Crippen molar-refractivity contribution in [2.75, 3.05) is 26.7 Å². The Morgan fingerprint density at radius 3 is 2.71 bits per heavy atom. The van der Waals surface area contributed by atoms with Gasteiger partial charge in [-0.25, -0.2) is 0 Å². The Hall–Kier alpha value is -0.120. The van der Waals surface area contributed by atoms with Crippen molar-refractivity contribution in [3.63, 3.8) is 0 Å². The minimum Gasteiger partial charge on any atom is -0.388 e. The van der Waals surface area contributed by atoms with Crippen molar-refractivity contribution in [2.24, 2.45) is 17.6 Å². The normalized spacial score (nSPS) is 29.5. The number of nitrogens with zero attached hydrogens (tertiary/aromatic N) is 1. The first-order valence-corrected chi connectivity index (χ1v) is 7.09. The highest BCUT2D eigenvalue weighted by atomic mass is 16.3. The number of hydrogen-bond acceptors (Lipinski definition) is 3. The SMILES string of the molecule is CC(C)CCN(C)CCC1CCCC1(O)CN. The highest BCUT2D eigenvalue weighted by molar-refractivity contribution is 4.93. The van der Waals surface area contributed by atoms with Crippen molar-refractivity contribution in [3.05, 3.63) is 0 Å². The van der Waals surface area contributed by atoms with Crippen LogP contribution in [0.5, 0.6) is 0 Å². The summed E-state index contributed by atoms with van der Waals surface area (Å²) in [4.78, 5) is 2.38. The first-order valence-electron chi connectivity index (χ1n) is 7.09. The van der Waals surface area contributed by atoms with Crippen LogP contribution >= 0.6 is 0 Å². The number of rotatable bonds is 7. The molecule has 0 aromatic carbocycles. The highest BCUT2D eigenvalue weighted by Gasteiger charge is 2.39. The van der Waals surface area contributed by atoms with Crippen molar-refractivity contribution >= 4 is 0 Å². The molecule has 0 heterocycles. The van der Waals surface area contributed by atoms with Crippen LogP contribution in [0.3, 0.4) is 0 Å². The number of hydrogen-bond donors (Lipinski definition) is 2. The largest absolute Gasteiger partial charge is 0.388 e. The van der Waals surface area contributed by atoms with Gasteiger partial charge in [0, 0.05) is 6.54 Å². The van der Waals surface area contributed by atoms with Gasteiger partial charge in [0.25, 0.3) is 0 Å². The maximum Gasteiger partial charge on any atom is 0.0797 e. The van der Waals surface area contributed by atoms with Crippen LogP contribution in [0.2, 0.25) is 0 Å². The van der Waals surface area contributed by atoms with E-state index >= 15 is 0 Å². The van der Waals surface area contributed by atoms with Crippen LogP contribution in [0.4, 0.5) is 0 Å². The van der Waals surface area contributed by atoms with Crippen LogP contribution in [0.1, 0.15) is 46.0 Å². The van der Waals surface area contributed by atoms with Crippen LogP contribution in [-0.2, 0) is 0 Å². The van der Waals surface area contributed by atoms with Gasteiger partial charge in [-0.3, -0.25) is 0 Å². The second-order valence-electron chi connectivity index (χ2n) is 6.17. The maximum absolute atomic E-state index is 10.3. The summed E-state index contributed by atoms with van der Waals surface area (Å²) in [6, 6.07) is 0. The Bertz CT molecular complexity index is 220. The molecule has 1 fully saturated rings. The van der Waals surface area contributed by atoms with E-state index in [4.69, 9.17) is 5.73 Å². The fourth-order valence-electron chi connectivity index (χ4n) is 2.78. The van der Waals surface area contributed by atoms with Gasteiger partial charge in [0.05, 0.1) is 5.60 Å². The van der Waals surface area contributed by atoms with Crippen LogP contribution in [0.15, 0.2) is 0 Å². The monoisotopic (exact) mass is 242 g/mol. The first kappa shape index (κ1) is 14.9. The highest BCUT2D eigenvalue weighted by Crippen LogP contribution is 2.37. The van der Waals surface area contributed by atoms with E-state index in [1.165, 1.54) is 6.42 Å². The summed E-state index contributed by atoms with van der Waals surface area (Å²) in [5.74, 6) is 1.18. The van der Waals surface area contributed by atoms with E-state index in [9.17, 15) is 5.11 Å². The zero-order chi connectivity index (χ0) is 12.9. The van der Waals surface area contributed by atoms with E-state index in [-0.39, 0.29) is 0 Å². The molecule has 0 aliphatic heterocycles. The molecule has 0 radical (unpaired) electrons. The predicted molar refractivity (Wildman–Crippen MR) is 72.9 cm³/mol. The van der Waals surface area contributed by atoms with Gasteiger partial charge in [-0.05, 0) is 57.7 Å². The standard InChI is InChI=1S/C14H30N2O/c1-12(2)6-9-16(3)10-7-13-5-4-8-14(13,17)11-15/h12-13,17H,4-11,15H2,1-3H3. The van der Waals surface area contributed by atoms with Crippen molar-refractivity contribution in [3.8, 4) is 0 Å². The molecule has 2 unspecified atom stereocenters. The van der Waals surface area contributed by atoms with Gasteiger partial charge >= 0.3 is 0 Å². The van der Waals surface area contributed by atoms with Gasteiger partial charge in [0.2, 0.25) is 0 Å². The molecule has 0 bridgehead atoms. The molecule has 0 amide bonds. The molecule has 0 aromatic rings. The van der Waals surface area contributed by atoms with Crippen LogP contribution in [0.25, 0.3) is 0 Å². The van der Waals surface area contributed by atoms with E-state index in [0.29, 0.717) is 12.5 Å². The smallest absolute Gasteiger partial charge is 0.0797 e. The van der Waals surface area contributed by atoms with Crippen molar-refractivity contribution in [1.82, 2.24) is 4.90 Å². The minimum atomic E-state index is -0.571. The summed E-state index contributed by atoms with van der Waals surface area (Å²) >= 11 is 0. The quantitative estimate of drug-likeness (QED) is 0.716. The fourth-order valence-corrected chi connectivity index (χ4v) is 2.78. The van der Waals surface area contributed by atoms with Crippen molar-refractivity contribution in [2.45, 2.75) is 51.6 Å². The molecule has 1 saturated carbocycles. The Kier molecular flexibility index (Phi) is 5.90. The topological polar surface area (TPSA) is 49.5 Å². The third-order valence-corrected chi connectivity index (χ3v) is 4.22. The molecular weight excluding hydrogens is 212 g/mol. The van der Waals surface area contributed by atoms with E-state index in [1.54, 1.807) is 0 Å². The van der Waals surface area contributed by atoms with Gasteiger partial charge in [0.1, 0.15) is 0 Å². The summed E-state index contributed by atoms with van der Waals surface area (Å²) in [6.45, 7) is 7.19. The Labute approximate surface area is 106 Å². The molecule has 102 valence electrons. The Morgan fingerprint density at radius 2 is 2.12 bits per heavy atom. The molecule has 0 aromatic heterocycles. The van der Waals surface area contributed by atoms with Gasteiger partial charge < -0.3 is 15.7 Å². The zero-order valence-electron chi connectivity index (χ0n) is 11.8. The summed E-state index contributed by atoms with van der Waals surface area (Å²) in [7, 11) is 2.18. The van der Waals surface area contributed by atoms with E-state index in [1.807, 2.05) is 0 Å². The molecule has 3 N–H and O–H groups in total. The third kappa shape index (κ3) is 4.57. The molecule has 17 heavy (non-hydrogen) atoms. The zero-order valence-corrected chi connectivity index (χ0v) is 11.8. The number of nitrogens with two attached hydrogens (primary N) is 1. The molecule has 3 nitrogen and oxygen atoms in total. The summed E-state index contributed by atoms with van der Waals surface area (Å²) in [6.07, 6.45) is 5.51. The van der Waals surface area contributed by atoms with Gasteiger partial charge in [0.15, 0.2) is 0 Å². The second kappa shape index (κ2) is 6.72. The lowest BCUT2D eigenvalue weighted by Gasteiger charge is -2.30. The van der Waals surface area contributed by atoms with Gasteiger partial charge in [-0.1, -0.05) is 20.3 Å². The fraction of sp³-hybridized carbons (Fsp3) is 1.00. The van der Waals surface area contributed by atoms with Crippen LogP contribution < -0.4 is 5.73 Å². The van der Waals surface area contributed by atoms with E-state index in [2.05, 4.69) is 25.8 Å². The predicted octanol–water partition coefficient (Wildman–Crippen LogP) is 1.84. The molecule has 3 heteroatoms. The third-order valence-electron chi connectivity index (χ3n) is 4.22. The lowest BCUT2D eigenvalue weighted by atomic mass is 9.88. The lowest BCUT2D eigenvalue weighted by Crippen LogP contribution is -2.42. The Balaban J connectivity index is 2.25. The van der Waals surface area contributed by atoms with Crippen molar-refractivity contribution in [1.29, 1.82) is 0 Å². The molecule has 2 atom stereocenters. The Morgan fingerprint density at radius 1 is 1.41 bits per heavy atom. The van der Waals surface area contributed by atoms with Crippen LogP contribution in [0, 0.1) is 11.8 Å². The molecule has 1 aliphatic rings. The van der Waals surface area contributed by atoms with E-state index < -0.39 is 5.60 Å². The molecular formula is C14H30N2O. The van der Waals surface area contributed by atoms with Crippen LogP contribution in [-0.4, -0.2) is 42.3 Å².